The summed E-state index contributed by atoms with van der Waals surface area (Å²) in [6.45, 7) is 2.92. The van der Waals surface area contributed by atoms with Crippen LogP contribution in [0.15, 0.2) is 60.8 Å². The van der Waals surface area contributed by atoms with E-state index in [4.69, 9.17) is 11.6 Å². The number of fused-ring (bicyclic) bond motifs is 1. The smallest absolute Gasteiger partial charge is 0.0705 e. The van der Waals surface area contributed by atoms with E-state index in [1.165, 1.54) is 10.9 Å². The number of hydrogen-bond acceptors (Lipinski definition) is 2. The number of rotatable bonds is 4. The molecule has 0 fully saturated rings. The lowest BCUT2D eigenvalue weighted by Crippen LogP contribution is -2.18. The van der Waals surface area contributed by atoms with Gasteiger partial charge in [0.25, 0.3) is 0 Å². The first-order valence-electron chi connectivity index (χ1n) is 7.06. The van der Waals surface area contributed by atoms with Crippen molar-refractivity contribution >= 4 is 22.5 Å². The van der Waals surface area contributed by atoms with Gasteiger partial charge in [0.1, 0.15) is 0 Å². The highest BCUT2D eigenvalue weighted by molar-refractivity contribution is 6.31. The van der Waals surface area contributed by atoms with Crippen molar-refractivity contribution < 1.29 is 0 Å². The van der Waals surface area contributed by atoms with Crippen LogP contribution >= 0.6 is 11.6 Å². The molecule has 0 aliphatic rings. The lowest BCUT2D eigenvalue weighted by Gasteiger charge is -2.16. The summed E-state index contributed by atoms with van der Waals surface area (Å²) in [5, 5.41) is 5.53. The highest BCUT2D eigenvalue weighted by Crippen LogP contribution is 2.23. The van der Waals surface area contributed by atoms with Crippen LogP contribution in [0.4, 0.5) is 0 Å². The minimum Gasteiger partial charge on any atom is -0.306 e. The first kappa shape index (κ1) is 14.1. The molecular formula is C18H17ClN2. The Morgan fingerprint density at radius 2 is 1.81 bits per heavy atom. The standard InChI is InChI=1S/C18H17ClN2/c1-13(15-6-2-4-8-17(15)19)21-12-14-10-11-20-18-9-5-3-7-16(14)18/h2-11,13,21H,12H2,1H3. The molecule has 3 aromatic rings. The molecule has 0 saturated carbocycles. The van der Waals surface area contributed by atoms with E-state index < -0.39 is 0 Å². The Kier molecular flexibility index (Phi) is 4.18. The maximum Gasteiger partial charge on any atom is 0.0705 e. The van der Waals surface area contributed by atoms with Crippen LogP contribution in [0.2, 0.25) is 5.02 Å². The SMILES string of the molecule is CC(NCc1ccnc2ccccc12)c1ccccc1Cl. The van der Waals surface area contributed by atoms with Gasteiger partial charge in [0.15, 0.2) is 0 Å². The minimum absolute atomic E-state index is 0.200. The van der Waals surface area contributed by atoms with Crippen LogP contribution in [0.25, 0.3) is 10.9 Å². The second kappa shape index (κ2) is 6.25. The highest BCUT2D eigenvalue weighted by Gasteiger charge is 2.09. The summed E-state index contributed by atoms with van der Waals surface area (Å²) >= 11 is 6.25. The third kappa shape index (κ3) is 3.07. The Bertz CT molecular complexity index is 750. The minimum atomic E-state index is 0.200. The normalized spacial score (nSPS) is 12.5. The molecule has 3 rings (SSSR count). The van der Waals surface area contributed by atoms with Gasteiger partial charge in [0.05, 0.1) is 5.52 Å². The van der Waals surface area contributed by atoms with Crippen LogP contribution in [0.3, 0.4) is 0 Å². The van der Waals surface area contributed by atoms with E-state index >= 15 is 0 Å². The number of aromatic nitrogens is 1. The number of para-hydroxylation sites is 1. The molecule has 0 spiro atoms. The Hall–Kier alpha value is -1.90. The molecule has 0 saturated heterocycles. The van der Waals surface area contributed by atoms with Crippen molar-refractivity contribution in [1.29, 1.82) is 0 Å². The molecule has 1 N–H and O–H groups in total. The van der Waals surface area contributed by atoms with E-state index in [1.54, 1.807) is 0 Å². The second-order valence-electron chi connectivity index (χ2n) is 5.11. The van der Waals surface area contributed by atoms with E-state index in [2.05, 4.69) is 35.4 Å². The van der Waals surface area contributed by atoms with Gasteiger partial charge in [-0.1, -0.05) is 48.0 Å². The summed E-state index contributed by atoms with van der Waals surface area (Å²) in [5.74, 6) is 0. The summed E-state index contributed by atoms with van der Waals surface area (Å²) in [7, 11) is 0. The lowest BCUT2D eigenvalue weighted by atomic mass is 10.1. The molecule has 0 amide bonds. The number of hydrogen-bond donors (Lipinski definition) is 1. The Morgan fingerprint density at radius 1 is 1.05 bits per heavy atom. The van der Waals surface area contributed by atoms with Gasteiger partial charge in [-0.15, -0.1) is 0 Å². The Labute approximate surface area is 129 Å². The summed E-state index contributed by atoms with van der Waals surface area (Å²) in [4.78, 5) is 4.39. The number of pyridine rings is 1. The molecule has 2 nitrogen and oxygen atoms in total. The van der Waals surface area contributed by atoms with Gasteiger partial charge in [-0.2, -0.15) is 0 Å². The zero-order valence-corrected chi connectivity index (χ0v) is 12.6. The third-order valence-electron chi connectivity index (χ3n) is 3.71. The first-order chi connectivity index (χ1) is 10.3. The van der Waals surface area contributed by atoms with E-state index in [-0.39, 0.29) is 6.04 Å². The monoisotopic (exact) mass is 296 g/mol. The second-order valence-corrected chi connectivity index (χ2v) is 5.52. The van der Waals surface area contributed by atoms with Crippen molar-refractivity contribution in [2.24, 2.45) is 0 Å². The molecule has 0 aliphatic carbocycles. The van der Waals surface area contributed by atoms with Crippen LogP contribution in [0.1, 0.15) is 24.1 Å². The van der Waals surface area contributed by atoms with Gasteiger partial charge in [0.2, 0.25) is 0 Å². The van der Waals surface area contributed by atoms with Crippen molar-refractivity contribution in [2.45, 2.75) is 19.5 Å². The predicted molar refractivity (Wildman–Crippen MR) is 88.4 cm³/mol. The molecular weight excluding hydrogens is 280 g/mol. The van der Waals surface area contributed by atoms with Crippen LogP contribution in [-0.2, 0) is 6.54 Å². The average molecular weight is 297 g/mol. The fourth-order valence-electron chi connectivity index (χ4n) is 2.51. The fraction of sp³-hybridized carbons (Fsp3) is 0.167. The van der Waals surface area contributed by atoms with Crippen LogP contribution < -0.4 is 5.32 Å². The zero-order valence-electron chi connectivity index (χ0n) is 11.9. The molecule has 106 valence electrons. The summed E-state index contributed by atoms with van der Waals surface area (Å²) in [6, 6.07) is 18.4. The first-order valence-corrected chi connectivity index (χ1v) is 7.44. The molecule has 2 aromatic carbocycles. The molecule has 0 radical (unpaired) electrons. The van der Waals surface area contributed by atoms with Crippen molar-refractivity contribution in [1.82, 2.24) is 10.3 Å². The molecule has 1 unspecified atom stereocenters. The van der Waals surface area contributed by atoms with Crippen molar-refractivity contribution in [3.8, 4) is 0 Å². The highest BCUT2D eigenvalue weighted by atomic mass is 35.5. The molecule has 0 aliphatic heterocycles. The van der Waals surface area contributed by atoms with E-state index in [1.807, 2.05) is 42.6 Å². The summed E-state index contributed by atoms with van der Waals surface area (Å²) in [6.07, 6.45) is 1.86. The number of nitrogens with one attached hydrogen (secondary N) is 1. The van der Waals surface area contributed by atoms with E-state index in [9.17, 15) is 0 Å². The largest absolute Gasteiger partial charge is 0.306 e. The maximum atomic E-state index is 6.25. The van der Waals surface area contributed by atoms with Gasteiger partial charge in [0, 0.05) is 29.2 Å². The Balaban J connectivity index is 1.79. The molecule has 1 atom stereocenters. The van der Waals surface area contributed by atoms with E-state index in [0.29, 0.717) is 0 Å². The van der Waals surface area contributed by atoms with E-state index in [0.717, 1.165) is 22.6 Å². The van der Waals surface area contributed by atoms with Crippen LogP contribution in [0, 0.1) is 0 Å². The number of halogens is 1. The summed E-state index contributed by atoms with van der Waals surface area (Å²) in [5.41, 5.74) is 3.40. The molecule has 0 bridgehead atoms. The van der Waals surface area contributed by atoms with Gasteiger partial charge < -0.3 is 5.32 Å². The van der Waals surface area contributed by atoms with Gasteiger partial charge in [-0.3, -0.25) is 4.98 Å². The molecule has 3 heteroatoms. The number of nitrogens with zero attached hydrogens (tertiary/aromatic N) is 1. The van der Waals surface area contributed by atoms with Crippen molar-refractivity contribution in [3.63, 3.8) is 0 Å². The lowest BCUT2D eigenvalue weighted by molar-refractivity contribution is 0.576. The van der Waals surface area contributed by atoms with Gasteiger partial charge >= 0.3 is 0 Å². The van der Waals surface area contributed by atoms with Crippen LogP contribution in [0.5, 0.6) is 0 Å². The van der Waals surface area contributed by atoms with Crippen LogP contribution in [-0.4, -0.2) is 4.98 Å². The summed E-state index contributed by atoms with van der Waals surface area (Å²) < 4.78 is 0. The molecule has 21 heavy (non-hydrogen) atoms. The fourth-order valence-corrected chi connectivity index (χ4v) is 2.81. The van der Waals surface area contributed by atoms with Crippen molar-refractivity contribution in [3.05, 3.63) is 76.9 Å². The molecule has 1 aromatic heterocycles. The van der Waals surface area contributed by atoms with Gasteiger partial charge in [-0.25, -0.2) is 0 Å². The average Bonchev–Trinajstić information content (AvgIpc) is 2.53. The maximum absolute atomic E-state index is 6.25. The predicted octanol–water partition coefficient (Wildman–Crippen LogP) is 4.74. The number of benzene rings is 2. The van der Waals surface area contributed by atoms with Gasteiger partial charge in [-0.05, 0) is 36.2 Å². The zero-order chi connectivity index (χ0) is 14.7. The Morgan fingerprint density at radius 3 is 2.67 bits per heavy atom. The third-order valence-corrected chi connectivity index (χ3v) is 4.05. The quantitative estimate of drug-likeness (QED) is 0.752. The molecule has 1 heterocycles. The topological polar surface area (TPSA) is 24.9 Å². The van der Waals surface area contributed by atoms with Crippen molar-refractivity contribution in [2.75, 3.05) is 0 Å².